The summed E-state index contributed by atoms with van der Waals surface area (Å²) in [6.45, 7) is 13.4. The summed E-state index contributed by atoms with van der Waals surface area (Å²) in [5.41, 5.74) is -1.38. The summed E-state index contributed by atoms with van der Waals surface area (Å²) in [7, 11) is -3.87. The summed E-state index contributed by atoms with van der Waals surface area (Å²) in [6.07, 6.45) is 5.02. The predicted molar refractivity (Wildman–Crippen MR) is 138 cm³/mol. The van der Waals surface area contributed by atoms with Crippen molar-refractivity contribution in [2.45, 2.75) is 109 Å². The number of carbonyl (C=O) groups excluding carboxylic acids is 3. The third-order valence-electron chi connectivity index (χ3n) is 8.92. The van der Waals surface area contributed by atoms with Crippen molar-refractivity contribution in [3.8, 4) is 0 Å². The highest BCUT2D eigenvalue weighted by atomic mass is 32.2. The molecule has 0 bridgehead atoms. The van der Waals surface area contributed by atoms with Crippen LogP contribution in [0.1, 0.15) is 92.4 Å². The van der Waals surface area contributed by atoms with Gasteiger partial charge in [-0.25, -0.2) is 8.42 Å². The van der Waals surface area contributed by atoms with E-state index >= 15 is 0 Å². The molecule has 204 valence electrons. The third-order valence-corrected chi connectivity index (χ3v) is 11.1. The quantitative estimate of drug-likeness (QED) is 0.298. The van der Waals surface area contributed by atoms with E-state index < -0.39 is 38.2 Å². The number of sulfonamides is 1. The second kappa shape index (κ2) is 10.2. The number of hydrogen-bond acceptors (Lipinski definition) is 6. The number of amides is 2. The number of aliphatic hydroxyl groups is 1. The van der Waals surface area contributed by atoms with Crippen LogP contribution in [-0.2, 0) is 24.4 Å². The molecule has 2 N–H and O–H groups in total. The molecule has 8 nitrogen and oxygen atoms in total. The average Bonchev–Trinajstić information content (AvgIpc) is 3.68. The number of nitrogens with one attached hydrogen (secondary N) is 1. The van der Waals surface area contributed by atoms with Crippen LogP contribution >= 0.6 is 0 Å². The van der Waals surface area contributed by atoms with E-state index in [-0.39, 0.29) is 48.3 Å². The van der Waals surface area contributed by atoms with Crippen LogP contribution in [0.25, 0.3) is 0 Å². The highest BCUT2D eigenvalue weighted by Gasteiger charge is 2.63. The second-order valence-electron chi connectivity index (χ2n) is 12.4. The van der Waals surface area contributed by atoms with Crippen LogP contribution in [0.3, 0.4) is 0 Å². The normalized spacial score (nSPS) is 29.9. The molecule has 0 aromatic heterocycles. The van der Waals surface area contributed by atoms with Gasteiger partial charge in [0.15, 0.2) is 5.78 Å². The molecule has 0 radical (unpaired) electrons. The van der Waals surface area contributed by atoms with Gasteiger partial charge in [0.2, 0.25) is 21.8 Å². The van der Waals surface area contributed by atoms with E-state index in [2.05, 4.69) is 11.3 Å². The molecule has 3 rings (SSSR count). The number of carbonyl (C=O) groups is 3. The molecule has 1 aliphatic heterocycles. The van der Waals surface area contributed by atoms with Crippen LogP contribution < -0.4 is 4.72 Å². The number of likely N-dealkylation sites (tertiary alicyclic amines) is 1. The van der Waals surface area contributed by atoms with Crippen LogP contribution in [0, 0.1) is 22.7 Å². The first kappa shape index (κ1) is 28.8. The van der Waals surface area contributed by atoms with Crippen LogP contribution in [0.4, 0.5) is 0 Å². The Hall–Kier alpha value is -1.74. The Morgan fingerprint density at radius 3 is 2.39 bits per heavy atom. The highest BCUT2D eigenvalue weighted by Crippen LogP contribution is 2.58. The highest BCUT2D eigenvalue weighted by molar-refractivity contribution is 7.91. The molecule has 0 unspecified atom stereocenters. The van der Waals surface area contributed by atoms with E-state index in [4.69, 9.17) is 0 Å². The van der Waals surface area contributed by atoms with Gasteiger partial charge in [-0.15, -0.1) is 6.58 Å². The number of β-amino-alcohol motifs (C(OH)–C–C–N with tert-alkyl or cyclic N) is 1. The second-order valence-corrected chi connectivity index (χ2v) is 14.5. The maximum atomic E-state index is 13.5. The summed E-state index contributed by atoms with van der Waals surface area (Å²) in [6, 6.07) is -0.801. The van der Waals surface area contributed by atoms with E-state index in [0.717, 1.165) is 6.42 Å². The minimum atomic E-state index is -3.87. The molecule has 2 aliphatic carbocycles. The van der Waals surface area contributed by atoms with Gasteiger partial charge in [0.25, 0.3) is 0 Å². The van der Waals surface area contributed by atoms with E-state index in [1.807, 2.05) is 34.6 Å². The molecule has 2 saturated carbocycles. The van der Waals surface area contributed by atoms with Crippen molar-refractivity contribution in [3.63, 3.8) is 0 Å². The maximum absolute atomic E-state index is 13.5. The topological polar surface area (TPSA) is 121 Å². The Labute approximate surface area is 216 Å². The van der Waals surface area contributed by atoms with Gasteiger partial charge >= 0.3 is 0 Å². The van der Waals surface area contributed by atoms with Gasteiger partial charge in [0.1, 0.15) is 0 Å². The fraction of sp³-hybridized carbons (Fsp3) is 0.815. The Balaban J connectivity index is 1.74. The molecule has 1 heterocycles. The number of ketones is 1. The first-order chi connectivity index (χ1) is 16.6. The number of nitrogens with zero attached hydrogens (tertiary/aromatic N) is 1. The molecule has 3 fully saturated rings. The van der Waals surface area contributed by atoms with Crippen LogP contribution in [-0.4, -0.2) is 59.5 Å². The van der Waals surface area contributed by atoms with Crippen LogP contribution in [0.15, 0.2) is 12.7 Å². The van der Waals surface area contributed by atoms with Crippen molar-refractivity contribution in [2.24, 2.45) is 22.7 Å². The standard InChI is InChI=1S/C27H44N2O6S/c1-7-9-10-11-26(12-13-26)36(34,35)28-24(33)27(15-19(27)8-2)16-22(31)21-14-20(30)17-29(21)23(32)18(3)25(4,5)6/h7,18-21,30H,1,8-17H2,2-6H3,(H,28,33)/t18-,19-,20-,21+,27-/m1/s1. The largest absolute Gasteiger partial charge is 0.391 e. The van der Waals surface area contributed by atoms with Crippen molar-refractivity contribution in [1.82, 2.24) is 9.62 Å². The van der Waals surface area contributed by atoms with E-state index in [0.29, 0.717) is 38.5 Å². The average molecular weight is 525 g/mol. The molecule has 0 spiro atoms. The third kappa shape index (κ3) is 5.57. The zero-order valence-corrected chi connectivity index (χ0v) is 23.3. The first-order valence-corrected chi connectivity index (χ1v) is 14.8. The number of rotatable bonds is 12. The Bertz CT molecular complexity index is 996. The number of allylic oxidation sites excluding steroid dienone is 1. The van der Waals surface area contributed by atoms with Gasteiger partial charge < -0.3 is 10.0 Å². The molecule has 5 atom stereocenters. The number of unbranched alkanes of at least 4 members (excludes halogenated alkanes) is 1. The molecular weight excluding hydrogens is 480 g/mol. The molecule has 2 amide bonds. The van der Waals surface area contributed by atoms with Gasteiger partial charge in [-0.1, -0.05) is 47.1 Å². The Kier molecular flexibility index (Phi) is 8.17. The smallest absolute Gasteiger partial charge is 0.240 e. The van der Waals surface area contributed by atoms with Gasteiger partial charge in [0.05, 0.1) is 22.3 Å². The van der Waals surface area contributed by atoms with Gasteiger partial charge in [-0.2, -0.15) is 0 Å². The fourth-order valence-corrected chi connectivity index (χ4v) is 7.31. The monoisotopic (exact) mass is 524 g/mol. The van der Waals surface area contributed by atoms with E-state index in [1.165, 1.54) is 4.90 Å². The van der Waals surface area contributed by atoms with Crippen molar-refractivity contribution in [3.05, 3.63) is 12.7 Å². The van der Waals surface area contributed by atoms with Crippen molar-refractivity contribution in [2.75, 3.05) is 6.54 Å². The van der Waals surface area contributed by atoms with Crippen LogP contribution in [0.5, 0.6) is 0 Å². The molecule has 0 aromatic carbocycles. The predicted octanol–water partition coefficient (Wildman–Crippen LogP) is 3.34. The Morgan fingerprint density at radius 2 is 1.89 bits per heavy atom. The summed E-state index contributed by atoms with van der Waals surface area (Å²) in [4.78, 5) is 41.6. The Morgan fingerprint density at radius 1 is 1.25 bits per heavy atom. The summed E-state index contributed by atoms with van der Waals surface area (Å²) in [5, 5.41) is 10.3. The minimum Gasteiger partial charge on any atom is -0.391 e. The molecular formula is C27H44N2O6S. The van der Waals surface area contributed by atoms with Gasteiger partial charge in [-0.05, 0) is 49.9 Å². The van der Waals surface area contributed by atoms with E-state index in [1.54, 1.807) is 6.08 Å². The summed E-state index contributed by atoms with van der Waals surface area (Å²) >= 11 is 0. The lowest BCUT2D eigenvalue weighted by molar-refractivity contribution is -0.144. The van der Waals surface area contributed by atoms with Gasteiger partial charge in [0, 0.05) is 25.3 Å². The SMILES string of the molecule is C=CCCCC1(S(=O)(=O)NC(=O)[C@@]2(CC(=O)[C@@H]3C[C@@H](O)CN3C(=O)[C@@H](C)C(C)(C)C)C[C@H]2CC)CC1. The fourth-order valence-electron chi connectivity index (χ4n) is 5.59. The summed E-state index contributed by atoms with van der Waals surface area (Å²) < 4.78 is 27.8. The van der Waals surface area contributed by atoms with Gasteiger partial charge in [-0.3, -0.25) is 19.1 Å². The molecule has 9 heteroatoms. The van der Waals surface area contributed by atoms with Crippen molar-refractivity contribution < 1.29 is 27.9 Å². The number of Topliss-reactive ketones (excluding diaryl/α,β-unsaturated/α-hetero) is 1. The van der Waals surface area contributed by atoms with E-state index in [9.17, 15) is 27.9 Å². The zero-order valence-electron chi connectivity index (χ0n) is 22.5. The number of hydrogen-bond donors (Lipinski definition) is 2. The van der Waals surface area contributed by atoms with Crippen molar-refractivity contribution >= 4 is 27.6 Å². The maximum Gasteiger partial charge on any atom is 0.240 e. The minimum absolute atomic E-state index is 0.0865. The molecule has 1 saturated heterocycles. The van der Waals surface area contributed by atoms with Crippen molar-refractivity contribution in [1.29, 1.82) is 0 Å². The molecule has 0 aromatic rings. The molecule has 36 heavy (non-hydrogen) atoms. The lowest BCUT2D eigenvalue weighted by atomic mass is 9.81. The lowest BCUT2D eigenvalue weighted by Gasteiger charge is -2.33. The number of aliphatic hydroxyl groups excluding tert-OH is 1. The summed E-state index contributed by atoms with van der Waals surface area (Å²) in [5.74, 6) is -1.50. The first-order valence-electron chi connectivity index (χ1n) is 13.3. The lowest BCUT2D eigenvalue weighted by Crippen LogP contribution is -2.48. The van der Waals surface area contributed by atoms with Crippen LogP contribution in [0.2, 0.25) is 0 Å². The molecule has 3 aliphatic rings. The zero-order chi connectivity index (χ0) is 27.1.